The maximum atomic E-state index is 9.73. The van der Waals surface area contributed by atoms with Gasteiger partial charge in [-0.3, -0.25) is 0 Å². The van der Waals surface area contributed by atoms with Crippen molar-refractivity contribution in [3.05, 3.63) is 29.3 Å². The molecular weight excluding hydrogens is 332 g/mol. The number of aromatic nitrogens is 3. The number of allylic oxidation sites excluding steroid dienone is 1. The molecule has 2 aromatic rings. The molecule has 0 fully saturated rings. The largest absolute Gasteiger partial charge is 0.496 e. The topological polar surface area (TPSA) is 82.2 Å². The van der Waals surface area contributed by atoms with Crippen LogP contribution in [-0.4, -0.2) is 36.1 Å². The van der Waals surface area contributed by atoms with Crippen molar-refractivity contribution in [2.45, 2.75) is 32.2 Å². The summed E-state index contributed by atoms with van der Waals surface area (Å²) >= 11 is 0. The number of benzene rings is 1. The fraction of sp³-hybridized carbons (Fsp3) is 0.421. The molecule has 0 bridgehead atoms. The van der Waals surface area contributed by atoms with Gasteiger partial charge in [-0.25, -0.2) is 0 Å². The zero-order chi connectivity index (χ0) is 18.5. The van der Waals surface area contributed by atoms with E-state index >= 15 is 0 Å². The predicted octanol–water partition coefficient (Wildman–Crippen LogP) is 3.09. The number of ether oxygens (including phenoxy) is 3. The first-order valence-electron chi connectivity index (χ1n) is 8.56. The second-order valence-corrected chi connectivity index (χ2v) is 6.02. The Morgan fingerprint density at radius 2 is 1.77 bits per heavy atom. The van der Waals surface area contributed by atoms with Gasteiger partial charge in [-0.05, 0) is 25.0 Å². The molecular formula is C19H22N4O3. The highest BCUT2D eigenvalue weighted by molar-refractivity contribution is 5.89. The lowest BCUT2D eigenvalue weighted by Crippen LogP contribution is -2.05. The van der Waals surface area contributed by atoms with Crippen LogP contribution in [0.15, 0.2) is 12.1 Å². The van der Waals surface area contributed by atoms with E-state index in [-0.39, 0.29) is 0 Å². The molecule has 0 atom stereocenters. The second-order valence-electron chi connectivity index (χ2n) is 6.02. The van der Waals surface area contributed by atoms with Crippen LogP contribution < -0.4 is 14.2 Å². The molecule has 0 amide bonds. The van der Waals surface area contributed by atoms with Gasteiger partial charge >= 0.3 is 0 Å². The lowest BCUT2D eigenvalue weighted by atomic mass is 10.1. The molecule has 1 aromatic heterocycles. The molecule has 3 rings (SSSR count). The van der Waals surface area contributed by atoms with Crippen LogP contribution in [0.5, 0.6) is 17.2 Å². The summed E-state index contributed by atoms with van der Waals surface area (Å²) in [6.45, 7) is 0.833. The van der Waals surface area contributed by atoms with Gasteiger partial charge in [0.1, 0.15) is 17.6 Å². The molecule has 26 heavy (non-hydrogen) atoms. The van der Waals surface area contributed by atoms with E-state index in [1.807, 2.05) is 0 Å². The van der Waals surface area contributed by atoms with Crippen molar-refractivity contribution in [2.24, 2.45) is 0 Å². The van der Waals surface area contributed by atoms with Gasteiger partial charge in [0.2, 0.25) is 0 Å². The summed E-state index contributed by atoms with van der Waals surface area (Å²) in [7, 11) is 4.72. The Hall–Kier alpha value is -3.01. The van der Waals surface area contributed by atoms with Crippen LogP contribution in [0.3, 0.4) is 0 Å². The smallest absolute Gasteiger partial charge is 0.174 e. The fourth-order valence-electron chi connectivity index (χ4n) is 3.15. The van der Waals surface area contributed by atoms with Crippen LogP contribution in [0, 0.1) is 11.3 Å². The van der Waals surface area contributed by atoms with Crippen molar-refractivity contribution >= 4 is 11.6 Å². The van der Waals surface area contributed by atoms with Crippen LogP contribution in [0.2, 0.25) is 0 Å². The lowest BCUT2D eigenvalue weighted by Gasteiger charge is -2.12. The Labute approximate surface area is 152 Å². The monoisotopic (exact) mass is 354 g/mol. The van der Waals surface area contributed by atoms with Crippen molar-refractivity contribution < 1.29 is 14.2 Å². The van der Waals surface area contributed by atoms with E-state index in [2.05, 4.69) is 20.8 Å². The Morgan fingerprint density at radius 3 is 2.46 bits per heavy atom. The first kappa shape index (κ1) is 17.8. The third-order valence-electron chi connectivity index (χ3n) is 4.51. The van der Waals surface area contributed by atoms with Crippen LogP contribution in [-0.2, 0) is 13.0 Å². The van der Waals surface area contributed by atoms with Gasteiger partial charge in [-0.2, -0.15) is 5.26 Å². The summed E-state index contributed by atoms with van der Waals surface area (Å²) in [5.74, 6) is 3.26. The highest BCUT2D eigenvalue weighted by atomic mass is 16.5. The highest BCUT2D eigenvalue weighted by Gasteiger charge is 2.19. The molecule has 0 saturated carbocycles. The van der Waals surface area contributed by atoms with E-state index in [0.717, 1.165) is 38.1 Å². The van der Waals surface area contributed by atoms with Crippen LogP contribution >= 0.6 is 0 Å². The van der Waals surface area contributed by atoms with Crippen molar-refractivity contribution in [1.82, 2.24) is 14.8 Å². The van der Waals surface area contributed by atoms with Gasteiger partial charge in [-0.15, -0.1) is 10.2 Å². The number of nitriles is 1. The van der Waals surface area contributed by atoms with E-state index < -0.39 is 0 Å². The summed E-state index contributed by atoms with van der Waals surface area (Å²) in [6.07, 6.45) is 5.98. The lowest BCUT2D eigenvalue weighted by molar-refractivity contribution is 0.348. The molecule has 136 valence electrons. The third kappa shape index (κ3) is 3.36. The van der Waals surface area contributed by atoms with Gasteiger partial charge in [0.15, 0.2) is 17.3 Å². The molecule has 0 N–H and O–H groups in total. The number of aryl methyl sites for hydroxylation is 1. The molecule has 7 nitrogen and oxygen atoms in total. The van der Waals surface area contributed by atoms with Crippen LogP contribution in [0.4, 0.5) is 0 Å². The van der Waals surface area contributed by atoms with Gasteiger partial charge in [0, 0.05) is 24.6 Å². The summed E-state index contributed by atoms with van der Waals surface area (Å²) in [5.41, 5.74) is 1.16. The van der Waals surface area contributed by atoms with Crippen LogP contribution in [0.1, 0.15) is 36.5 Å². The number of nitrogens with zero attached hydrogens (tertiary/aromatic N) is 4. The molecule has 1 aliphatic heterocycles. The SMILES string of the molecule is COc1cc(OC)c(OC)cc1/C=C(\C#N)c1nnc2n1CCCCC2. The first-order valence-corrected chi connectivity index (χ1v) is 8.56. The average Bonchev–Trinajstić information content (AvgIpc) is 2.93. The molecule has 2 heterocycles. The summed E-state index contributed by atoms with van der Waals surface area (Å²) in [6, 6.07) is 5.78. The minimum absolute atomic E-state index is 0.441. The first-order chi connectivity index (χ1) is 12.7. The third-order valence-corrected chi connectivity index (χ3v) is 4.51. The minimum Gasteiger partial charge on any atom is -0.496 e. The van der Waals surface area contributed by atoms with Crippen molar-refractivity contribution in [2.75, 3.05) is 21.3 Å². The molecule has 7 heteroatoms. The number of hydrogen-bond donors (Lipinski definition) is 0. The molecule has 0 spiro atoms. The zero-order valence-electron chi connectivity index (χ0n) is 15.3. The second kappa shape index (κ2) is 7.91. The minimum atomic E-state index is 0.441. The van der Waals surface area contributed by atoms with Crippen molar-refractivity contribution in [3.8, 4) is 23.3 Å². The highest BCUT2D eigenvalue weighted by Crippen LogP contribution is 2.36. The molecule has 0 unspecified atom stereocenters. The van der Waals surface area contributed by atoms with Gasteiger partial charge in [0.05, 0.1) is 26.9 Å². The maximum absolute atomic E-state index is 9.73. The standard InChI is InChI=1S/C19H22N4O3/c1-24-15-11-17(26-3)16(25-2)10-13(15)9-14(12-20)19-22-21-18-7-5-4-6-8-23(18)19/h9-11H,4-8H2,1-3H3/b14-9+. The zero-order valence-corrected chi connectivity index (χ0v) is 15.3. The van der Waals surface area contributed by atoms with E-state index in [0.29, 0.717) is 34.2 Å². The molecule has 0 radical (unpaired) electrons. The van der Waals surface area contributed by atoms with E-state index in [9.17, 15) is 5.26 Å². The Bertz CT molecular complexity index is 864. The molecule has 0 aliphatic carbocycles. The Kier molecular flexibility index (Phi) is 5.42. The van der Waals surface area contributed by atoms with E-state index in [1.54, 1.807) is 39.5 Å². The molecule has 0 saturated heterocycles. The van der Waals surface area contributed by atoms with Crippen molar-refractivity contribution in [3.63, 3.8) is 0 Å². The maximum Gasteiger partial charge on any atom is 0.174 e. The predicted molar refractivity (Wildman–Crippen MR) is 97.2 cm³/mol. The van der Waals surface area contributed by atoms with Gasteiger partial charge in [0.25, 0.3) is 0 Å². The van der Waals surface area contributed by atoms with E-state index in [4.69, 9.17) is 14.2 Å². The Balaban J connectivity index is 2.08. The Morgan fingerprint density at radius 1 is 1.04 bits per heavy atom. The number of methoxy groups -OCH3 is 3. The fourth-order valence-corrected chi connectivity index (χ4v) is 3.15. The molecule has 1 aliphatic rings. The van der Waals surface area contributed by atoms with Crippen molar-refractivity contribution in [1.29, 1.82) is 5.26 Å². The normalized spacial score (nSPS) is 14.2. The summed E-state index contributed by atoms with van der Waals surface area (Å²) in [5, 5.41) is 18.3. The number of hydrogen-bond acceptors (Lipinski definition) is 6. The quantitative estimate of drug-likeness (QED) is 0.768. The van der Waals surface area contributed by atoms with Gasteiger partial charge in [-0.1, -0.05) is 6.42 Å². The summed E-state index contributed by atoms with van der Waals surface area (Å²) < 4.78 is 18.2. The van der Waals surface area contributed by atoms with Gasteiger partial charge < -0.3 is 18.8 Å². The summed E-state index contributed by atoms with van der Waals surface area (Å²) in [4.78, 5) is 0. The van der Waals surface area contributed by atoms with Crippen LogP contribution in [0.25, 0.3) is 11.6 Å². The number of fused-ring (bicyclic) bond motifs is 1. The number of rotatable bonds is 5. The average molecular weight is 354 g/mol. The molecule has 1 aromatic carbocycles. The van der Waals surface area contributed by atoms with E-state index in [1.165, 1.54) is 0 Å².